The third kappa shape index (κ3) is 2.95. The standard InChI is InChI=1S/C12H10ClN3O/c13-11-8-4-5-9-12(11)14-15-16(17)10-6-2-1-3-7-10/h1-9,14H/b16-15-. The predicted octanol–water partition coefficient (Wildman–Crippen LogP) is 3.96. The van der Waals surface area contributed by atoms with Gasteiger partial charge in [0.25, 0.3) is 0 Å². The summed E-state index contributed by atoms with van der Waals surface area (Å²) in [5.74, 6) is 0. The van der Waals surface area contributed by atoms with E-state index < -0.39 is 0 Å². The molecule has 0 aliphatic rings. The molecule has 0 saturated heterocycles. The summed E-state index contributed by atoms with van der Waals surface area (Å²) in [4.78, 5) is 0.503. The third-order valence-corrected chi connectivity index (χ3v) is 2.44. The Morgan fingerprint density at radius 3 is 2.35 bits per heavy atom. The number of para-hydroxylation sites is 2. The summed E-state index contributed by atoms with van der Waals surface area (Å²) in [6, 6.07) is 15.8. The maximum atomic E-state index is 11.6. The van der Waals surface area contributed by atoms with Crippen molar-refractivity contribution in [3.05, 3.63) is 64.8 Å². The number of anilines is 1. The van der Waals surface area contributed by atoms with Gasteiger partial charge in [-0.15, -0.1) is 10.3 Å². The summed E-state index contributed by atoms with van der Waals surface area (Å²) in [6.07, 6.45) is 0. The predicted molar refractivity (Wildman–Crippen MR) is 67.2 cm³/mol. The minimum atomic E-state index is 0.451. The number of rotatable bonds is 3. The third-order valence-electron chi connectivity index (χ3n) is 2.11. The van der Waals surface area contributed by atoms with Crippen LogP contribution in [0.3, 0.4) is 0 Å². The number of hydrogen-bond acceptors (Lipinski definition) is 2. The molecule has 0 amide bonds. The van der Waals surface area contributed by atoms with Crippen LogP contribution in [-0.2, 0) is 0 Å². The first kappa shape index (κ1) is 11.4. The Bertz CT molecular complexity index is 528. The van der Waals surface area contributed by atoms with Crippen LogP contribution >= 0.6 is 11.6 Å². The van der Waals surface area contributed by atoms with E-state index in [2.05, 4.69) is 10.6 Å². The van der Waals surface area contributed by atoms with Crippen LogP contribution in [0.1, 0.15) is 0 Å². The molecular weight excluding hydrogens is 238 g/mol. The second-order valence-electron chi connectivity index (χ2n) is 3.30. The molecule has 0 atom stereocenters. The van der Waals surface area contributed by atoms with Crippen molar-refractivity contribution in [3.63, 3.8) is 0 Å². The fourth-order valence-corrected chi connectivity index (χ4v) is 1.44. The van der Waals surface area contributed by atoms with Crippen LogP contribution in [-0.4, -0.2) is 4.86 Å². The maximum absolute atomic E-state index is 11.6. The Labute approximate surface area is 104 Å². The number of benzene rings is 2. The monoisotopic (exact) mass is 247 g/mol. The Kier molecular flexibility index (Phi) is 3.57. The number of nitrogens with zero attached hydrogens (tertiary/aromatic N) is 2. The summed E-state index contributed by atoms with van der Waals surface area (Å²) in [5.41, 5.74) is 3.66. The molecule has 0 bridgehead atoms. The molecule has 2 aromatic rings. The fraction of sp³-hybridized carbons (Fsp3) is 0. The molecule has 4 nitrogen and oxygen atoms in total. The molecule has 0 spiro atoms. The Morgan fingerprint density at radius 1 is 1.00 bits per heavy atom. The molecule has 0 aromatic heterocycles. The van der Waals surface area contributed by atoms with Gasteiger partial charge in [-0.1, -0.05) is 41.9 Å². The molecule has 0 heterocycles. The van der Waals surface area contributed by atoms with Gasteiger partial charge in [-0.3, -0.25) is 0 Å². The minimum absolute atomic E-state index is 0.451. The van der Waals surface area contributed by atoms with Gasteiger partial charge in [-0.2, -0.15) is 0 Å². The molecule has 5 heteroatoms. The minimum Gasteiger partial charge on any atom is -0.691 e. The van der Waals surface area contributed by atoms with Gasteiger partial charge in [-0.25, -0.2) is 0 Å². The van der Waals surface area contributed by atoms with Crippen molar-refractivity contribution in [2.75, 3.05) is 5.43 Å². The molecule has 2 rings (SSSR count). The molecule has 0 fully saturated rings. The molecule has 17 heavy (non-hydrogen) atoms. The lowest BCUT2D eigenvalue weighted by molar-refractivity contribution is -0.439. The normalized spacial score (nSPS) is 11.2. The molecule has 0 aliphatic carbocycles. The average Bonchev–Trinajstić information content (AvgIpc) is 2.38. The largest absolute Gasteiger partial charge is 0.691 e. The van der Waals surface area contributed by atoms with Crippen molar-refractivity contribution >= 4 is 23.0 Å². The molecule has 0 radical (unpaired) electrons. The van der Waals surface area contributed by atoms with E-state index in [1.165, 1.54) is 0 Å². The highest BCUT2D eigenvalue weighted by atomic mass is 35.5. The molecule has 86 valence electrons. The zero-order valence-corrected chi connectivity index (χ0v) is 9.63. The summed E-state index contributed by atoms with van der Waals surface area (Å²) in [6.45, 7) is 0. The van der Waals surface area contributed by atoms with Gasteiger partial charge in [0.05, 0.1) is 10.2 Å². The van der Waals surface area contributed by atoms with E-state index in [9.17, 15) is 5.21 Å². The fourth-order valence-electron chi connectivity index (χ4n) is 1.26. The first-order chi connectivity index (χ1) is 8.27. The van der Waals surface area contributed by atoms with Crippen LogP contribution in [0.2, 0.25) is 5.02 Å². The highest BCUT2D eigenvalue weighted by Gasteiger charge is 2.02. The second-order valence-corrected chi connectivity index (χ2v) is 3.71. The van der Waals surface area contributed by atoms with Gasteiger partial charge < -0.3 is 5.21 Å². The van der Waals surface area contributed by atoms with E-state index in [0.717, 1.165) is 0 Å². The van der Waals surface area contributed by atoms with Crippen molar-refractivity contribution < 1.29 is 4.86 Å². The first-order valence-electron chi connectivity index (χ1n) is 5.01. The summed E-state index contributed by atoms with van der Waals surface area (Å²) in [7, 11) is 0. The highest BCUT2D eigenvalue weighted by molar-refractivity contribution is 6.33. The number of halogens is 1. The maximum Gasteiger partial charge on any atom is 0.165 e. The van der Waals surface area contributed by atoms with Crippen molar-refractivity contribution in [3.8, 4) is 0 Å². The van der Waals surface area contributed by atoms with Gasteiger partial charge >= 0.3 is 0 Å². The molecular formula is C12H10ClN3O. The van der Waals surface area contributed by atoms with Gasteiger partial charge in [0, 0.05) is 0 Å². The SMILES string of the molecule is [O-]/[N+](=N\Nc1ccccc1Cl)c1ccccc1. The lowest BCUT2D eigenvalue weighted by Crippen LogP contribution is -1.97. The highest BCUT2D eigenvalue weighted by Crippen LogP contribution is 2.20. The van der Waals surface area contributed by atoms with Crippen LogP contribution in [0.15, 0.2) is 59.8 Å². The molecule has 0 saturated carbocycles. The quantitative estimate of drug-likeness (QED) is 0.507. The zero-order chi connectivity index (χ0) is 12.1. The lowest BCUT2D eigenvalue weighted by atomic mass is 10.3. The first-order valence-corrected chi connectivity index (χ1v) is 5.38. The smallest absolute Gasteiger partial charge is 0.165 e. The zero-order valence-electron chi connectivity index (χ0n) is 8.88. The van der Waals surface area contributed by atoms with Crippen LogP contribution in [0.25, 0.3) is 0 Å². The van der Waals surface area contributed by atoms with E-state index in [1.807, 2.05) is 6.07 Å². The molecule has 0 aliphatic heterocycles. The van der Waals surface area contributed by atoms with Gasteiger partial charge in [0.15, 0.2) is 11.4 Å². The topological polar surface area (TPSA) is 50.5 Å². The van der Waals surface area contributed by atoms with Crippen LogP contribution in [0, 0.1) is 5.21 Å². The van der Waals surface area contributed by atoms with E-state index in [4.69, 9.17) is 11.6 Å². The van der Waals surface area contributed by atoms with Crippen molar-refractivity contribution in [1.82, 2.24) is 0 Å². The summed E-state index contributed by atoms with van der Waals surface area (Å²) in [5, 5.41) is 15.8. The van der Waals surface area contributed by atoms with E-state index >= 15 is 0 Å². The van der Waals surface area contributed by atoms with Crippen molar-refractivity contribution in [2.24, 2.45) is 5.22 Å². The van der Waals surface area contributed by atoms with Crippen LogP contribution in [0.5, 0.6) is 0 Å². The molecule has 0 unspecified atom stereocenters. The van der Waals surface area contributed by atoms with E-state index in [-0.39, 0.29) is 0 Å². The Morgan fingerprint density at radius 2 is 1.65 bits per heavy atom. The number of hydrogen-bond donors (Lipinski definition) is 1. The van der Waals surface area contributed by atoms with Crippen molar-refractivity contribution in [1.29, 1.82) is 0 Å². The van der Waals surface area contributed by atoms with E-state index in [1.54, 1.807) is 48.5 Å². The molecule has 1 N–H and O–H groups in total. The Hall–Kier alpha value is -2.07. The van der Waals surface area contributed by atoms with Crippen LogP contribution < -0.4 is 5.43 Å². The molecule has 2 aromatic carbocycles. The lowest BCUT2D eigenvalue weighted by Gasteiger charge is -2.04. The average molecular weight is 248 g/mol. The van der Waals surface area contributed by atoms with Gasteiger partial charge in [0.2, 0.25) is 0 Å². The summed E-state index contributed by atoms with van der Waals surface area (Å²) >= 11 is 5.91. The van der Waals surface area contributed by atoms with Gasteiger partial charge in [-0.05, 0) is 24.3 Å². The summed E-state index contributed by atoms with van der Waals surface area (Å²) < 4.78 is 0. The van der Waals surface area contributed by atoms with E-state index in [0.29, 0.717) is 21.3 Å². The Balaban J connectivity index is 2.14. The van der Waals surface area contributed by atoms with Crippen LogP contribution in [0.4, 0.5) is 11.4 Å². The second kappa shape index (κ2) is 5.32. The van der Waals surface area contributed by atoms with Gasteiger partial charge in [0.1, 0.15) is 0 Å². The number of nitrogens with one attached hydrogen (secondary N) is 1. The van der Waals surface area contributed by atoms with Crippen molar-refractivity contribution in [2.45, 2.75) is 0 Å².